The molecule has 1 heterocycles. The second kappa shape index (κ2) is 5.51. The second-order valence-corrected chi connectivity index (χ2v) is 4.38. The molecule has 5 heteroatoms. The SMILES string of the molecule is OCC(CO)NCc1c[nH]c2cc(Cl)ccc12. The third kappa shape index (κ3) is 2.79. The van der Waals surface area contributed by atoms with Crippen LogP contribution in [-0.2, 0) is 6.54 Å². The molecule has 0 atom stereocenters. The summed E-state index contributed by atoms with van der Waals surface area (Å²) in [6, 6.07) is 5.39. The highest BCUT2D eigenvalue weighted by molar-refractivity contribution is 6.31. The molecule has 1 aromatic carbocycles. The molecule has 4 nitrogen and oxygen atoms in total. The number of H-pyrrole nitrogens is 1. The summed E-state index contributed by atoms with van der Waals surface area (Å²) in [5.41, 5.74) is 2.07. The Morgan fingerprint density at radius 1 is 1.29 bits per heavy atom. The normalized spacial score (nSPS) is 11.5. The lowest BCUT2D eigenvalue weighted by Crippen LogP contribution is -2.35. The highest BCUT2D eigenvalue weighted by Gasteiger charge is 2.07. The van der Waals surface area contributed by atoms with Crippen LogP contribution >= 0.6 is 11.6 Å². The predicted octanol–water partition coefficient (Wildman–Crippen LogP) is 1.26. The Hall–Kier alpha value is -1.07. The van der Waals surface area contributed by atoms with Gasteiger partial charge in [0.05, 0.1) is 19.3 Å². The van der Waals surface area contributed by atoms with Crippen LogP contribution in [0.3, 0.4) is 0 Å². The fraction of sp³-hybridized carbons (Fsp3) is 0.333. The van der Waals surface area contributed by atoms with Gasteiger partial charge in [-0.1, -0.05) is 17.7 Å². The first-order chi connectivity index (χ1) is 8.24. The zero-order chi connectivity index (χ0) is 12.3. The molecule has 17 heavy (non-hydrogen) atoms. The quantitative estimate of drug-likeness (QED) is 0.650. The Bertz CT molecular complexity index is 494. The first kappa shape index (κ1) is 12.4. The molecule has 92 valence electrons. The molecule has 0 amide bonds. The number of nitrogens with one attached hydrogen (secondary N) is 2. The summed E-state index contributed by atoms with van der Waals surface area (Å²) in [4.78, 5) is 3.14. The van der Waals surface area contributed by atoms with Crippen molar-refractivity contribution in [3.63, 3.8) is 0 Å². The first-order valence-electron chi connectivity index (χ1n) is 5.45. The van der Waals surface area contributed by atoms with Crippen LogP contribution in [0.2, 0.25) is 5.02 Å². The molecule has 0 saturated carbocycles. The van der Waals surface area contributed by atoms with E-state index >= 15 is 0 Å². The molecule has 0 bridgehead atoms. The van der Waals surface area contributed by atoms with Gasteiger partial charge in [0.2, 0.25) is 0 Å². The summed E-state index contributed by atoms with van der Waals surface area (Å²) >= 11 is 5.90. The molecule has 0 unspecified atom stereocenters. The van der Waals surface area contributed by atoms with Crippen LogP contribution in [0.5, 0.6) is 0 Å². The second-order valence-electron chi connectivity index (χ2n) is 3.95. The average molecular weight is 255 g/mol. The lowest BCUT2D eigenvalue weighted by Gasteiger charge is -2.12. The zero-order valence-electron chi connectivity index (χ0n) is 9.28. The van der Waals surface area contributed by atoms with Gasteiger partial charge in [0.1, 0.15) is 0 Å². The van der Waals surface area contributed by atoms with Crippen LogP contribution < -0.4 is 5.32 Å². The molecule has 0 radical (unpaired) electrons. The number of fused-ring (bicyclic) bond motifs is 1. The van der Waals surface area contributed by atoms with Crippen molar-refractivity contribution in [2.24, 2.45) is 0 Å². The van der Waals surface area contributed by atoms with Crippen molar-refractivity contribution in [3.05, 3.63) is 35.0 Å². The number of benzene rings is 1. The van der Waals surface area contributed by atoms with Crippen molar-refractivity contribution in [1.82, 2.24) is 10.3 Å². The van der Waals surface area contributed by atoms with Crippen LogP contribution in [0, 0.1) is 0 Å². The van der Waals surface area contributed by atoms with E-state index in [9.17, 15) is 0 Å². The van der Waals surface area contributed by atoms with Crippen LogP contribution in [0.25, 0.3) is 10.9 Å². The van der Waals surface area contributed by atoms with E-state index in [0.29, 0.717) is 11.6 Å². The molecular formula is C12H15ClN2O2. The number of aromatic amines is 1. The lowest BCUT2D eigenvalue weighted by molar-refractivity contribution is 0.170. The minimum absolute atomic E-state index is 0.0787. The third-order valence-corrected chi connectivity index (χ3v) is 2.99. The first-order valence-corrected chi connectivity index (χ1v) is 5.83. The van der Waals surface area contributed by atoms with E-state index in [1.165, 1.54) is 0 Å². The van der Waals surface area contributed by atoms with Gasteiger partial charge < -0.3 is 20.5 Å². The van der Waals surface area contributed by atoms with E-state index in [2.05, 4.69) is 10.3 Å². The maximum Gasteiger partial charge on any atom is 0.0607 e. The number of aliphatic hydroxyl groups excluding tert-OH is 2. The summed E-state index contributed by atoms with van der Waals surface area (Å²) in [7, 11) is 0. The van der Waals surface area contributed by atoms with Gasteiger partial charge in [-0.05, 0) is 17.7 Å². The summed E-state index contributed by atoms with van der Waals surface area (Å²) in [6.45, 7) is 0.433. The molecule has 1 aromatic heterocycles. The van der Waals surface area contributed by atoms with Gasteiger partial charge >= 0.3 is 0 Å². The van der Waals surface area contributed by atoms with Crippen molar-refractivity contribution in [1.29, 1.82) is 0 Å². The average Bonchev–Trinajstić information content (AvgIpc) is 2.73. The Labute approximate surface area is 104 Å². The van der Waals surface area contributed by atoms with E-state index in [1.807, 2.05) is 24.4 Å². The van der Waals surface area contributed by atoms with Gasteiger partial charge in [-0.15, -0.1) is 0 Å². The van der Waals surface area contributed by atoms with Crippen molar-refractivity contribution < 1.29 is 10.2 Å². The molecule has 4 N–H and O–H groups in total. The van der Waals surface area contributed by atoms with Gasteiger partial charge in [0.15, 0.2) is 0 Å². The number of hydrogen-bond donors (Lipinski definition) is 4. The highest BCUT2D eigenvalue weighted by atomic mass is 35.5. The van der Waals surface area contributed by atoms with E-state index < -0.39 is 0 Å². The summed E-state index contributed by atoms with van der Waals surface area (Å²) in [5, 5.41) is 22.8. The smallest absolute Gasteiger partial charge is 0.0607 e. The predicted molar refractivity (Wildman–Crippen MR) is 68.1 cm³/mol. The zero-order valence-corrected chi connectivity index (χ0v) is 10.0. The van der Waals surface area contributed by atoms with Gasteiger partial charge in [0, 0.05) is 28.7 Å². The number of rotatable bonds is 5. The molecule has 2 rings (SSSR count). The molecular weight excluding hydrogens is 240 g/mol. The van der Waals surface area contributed by atoms with E-state index in [-0.39, 0.29) is 19.3 Å². The van der Waals surface area contributed by atoms with Crippen LogP contribution in [0.1, 0.15) is 5.56 Å². The number of aromatic nitrogens is 1. The molecule has 0 saturated heterocycles. The standard InChI is InChI=1S/C12H15ClN2O2/c13-9-1-2-11-8(5-15-12(11)3-9)4-14-10(6-16)7-17/h1-3,5,10,14-17H,4,6-7H2. The maximum atomic E-state index is 8.96. The Balaban J connectivity index is 2.14. The molecule has 0 aliphatic carbocycles. The summed E-state index contributed by atoms with van der Waals surface area (Å²) in [6.07, 6.45) is 1.90. The van der Waals surface area contributed by atoms with Gasteiger partial charge in [-0.25, -0.2) is 0 Å². The topological polar surface area (TPSA) is 68.3 Å². The van der Waals surface area contributed by atoms with E-state index in [4.69, 9.17) is 21.8 Å². The van der Waals surface area contributed by atoms with Gasteiger partial charge in [0.25, 0.3) is 0 Å². The van der Waals surface area contributed by atoms with Crippen molar-refractivity contribution in [2.75, 3.05) is 13.2 Å². The van der Waals surface area contributed by atoms with Crippen LogP contribution in [0.15, 0.2) is 24.4 Å². The summed E-state index contributed by atoms with van der Waals surface area (Å²) < 4.78 is 0. The molecule has 0 aliphatic rings. The Kier molecular flexibility index (Phi) is 4.02. The molecule has 0 aliphatic heterocycles. The van der Waals surface area contributed by atoms with Crippen LogP contribution in [0.4, 0.5) is 0 Å². The minimum Gasteiger partial charge on any atom is -0.395 e. The lowest BCUT2D eigenvalue weighted by atomic mass is 10.1. The molecule has 0 spiro atoms. The summed E-state index contributed by atoms with van der Waals surface area (Å²) in [5.74, 6) is 0. The van der Waals surface area contributed by atoms with Crippen molar-refractivity contribution >= 4 is 22.5 Å². The largest absolute Gasteiger partial charge is 0.395 e. The number of hydrogen-bond acceptors (Lipinski definition) is 3. The minimum atomic E-state index is -0.285. The molecule has 0 fully saturated rings. The number of halogens is 1. The molecule has 2 aromatic rings. The van der Waals surface area contributed by atoms with Gasteiger partial charge in [-0.3, -0.25) is 0 Å². The maximum absolute atomic E-state index is 8.96. The highest BCUT2D eigenvalue weighted by Crippen LogP contribution is 2.21. The van der Waals surface area contributed by atoms with Crippen LogP contribution in [-0.4, -0.2) is 34.5 Å². The Morgan fingerprint density at radius 2 is 2.06 bits per heavy atom. The number of aliphatic hydroxyl groups is 2. The van der Waals surface area contributed by atoms with Gasteiger partial charge in [-0.2, -0.15) is 0 Å². The fourth-order valence-corrected chi connectivity index (χ4v) is 1.92. The fourth-order valence-electron chi connectivity index (χ4n) is 1.75. The van der Waals surface area contributed by atoms with E-state index in [0.717, 1.165) is 16.5 Å². The monoisotopic (exact) mass is 254 g/mol. The Morgan fingerprint density at radius 3 is 2.76 bits per heavy atom. The van der Waals surface area contributed by atoms with E-state index in [1.54, 1.807) is 0 Å². The third-order valence-electron chi connectivity index (χ3n) is 2.75. The van der Waals surface area contributed by atoms with Crippen molar-refractivity contribution in [2.45, 2.75) is 12.6 Å². The van der Waals surface area contributed by atoms with Crippen molar-refractivity contribution in [3.8, 4) is 0 Å².